The van der Waals surface area contributed by atoms with E-state index in [0.29, 0.717) is 9.76 Å². The Morgan fingerprint density at radius 2 is 2.19 bits per heavy atom. The highest BCUT2D eigenvalue weighted by Gasteiger charge is 2.19. The van der Waals surface area contributed by atoms with Gasteiger partial charge in [-0.3, -0.25) is 4.79 Å². The Labute approximate surface area is 130 Å². The normalized spacial score (nSPS) is 12.0. The van der Waals surface area contributed by atoms with Crippen molar-refractivity contribution in [2.45, 2.75) is 17.2 Å². The average molecular weight is 327 g/mol. The number of rotatable bonds is 4. The molecule has 2 aromatic rings. The molecule has 0 fully saturated rings. The van der Waals surface area contributed by atoms with Crippen molar-refractivity contribution in [3.05, 3.63) is 58.6 Å². The SMILES string of the molecule is C[C@H](Sc1cccc[n+]1[O-])C(=O)Nc1ccc(Cl)cc1F. The zero-order valence-electron chi connectivity index (χ0n) is 11.0. The fraction of sp³-hybridized carbons (Fsp3) is 0.143. The van der Waals surface area contributed by atoms with E-state index in [9.17, 15) is 14.4 Å². The van der Waals surface area contributed by atoms with E-state index < -0.39 is 17.0 Å². The number of hydrogen-bond donors (Lipinski definition) is 1. The van der Waals surface area contributed by atoms with Gasteiger partial charge in [-0.15, -0.1) is 0 Å². The van der Waals surface area contributed by atoms with Crippen molar-refractivity contribution in [1.82, 2.24) is 0 Å². The van der Waals surface area contributed by atoms with Crippen LogP contribution in [0.1, 0.15) is 6.92 Å². The van der Waals surface area contributed by atoms with Gasteiger partial charge in [0, 0.05) is 17.2 Å². The predicted molar refractivity (Wildman–Crippen MR) is 80.8 cm³/mol. The summed E-state index contributed by atoms with van der Waals surface area (Å²) in [7, 11) is 0. The summed E-state index contributed by atoms with van der Waals surface area (Å²) in [5, 5.41) is 14.1. The Morgan fingerprint density at radius 1 is 1.43 bits per heavy atom. The molecule has 0 saturated heterocycles. The van der Waals surface area contributed by atoms with Crippen molar-refractivity contribution < 1.29 is 13.9 Å². The lowest BCUT2D eigenvalue weighted by atomic mass is 10.3. The topological polar surface area (TPSA) is 56.0 Å². The minimum atomic E-state index is -0.605. The van der Waals surface area contributed by atoms with Crippen LogP contribution >= 0.6 is 23.4 Å². The van der Waals surface area contributed by atoms with E-state index in [1.54, 1.807) is 25.1 Å². The van der Waals surface area contributed by atoms with Gasteiger partial charge in [-0.1, -0.05) is 11.6 Å². The second-order valence-corrected chi connectivity index (χ2v) is 6.04. The van der Waals surface area contributed by atoms with E-state index in [1.807, 2.05) is 0 Å². The number of anilines is 1. The summed E-state index contributed by atoms with van der Waals surface area (Å²) in [5.41, 5.74) is 0.0555. The molecule has 1 atom stereocenters. The molecule has 2 rings (SSSR count). The molecule has 0 bridgehead atoms. The first-order valence-electron chi connectivity index (χ1n) is 6.08. The Bertz CT molecular complexity index is 669. The zero-order chi connectivity index (χ0) is 15.4. The lowest BCUT2D eigenvalue weighted by Gasteiger charge is -2.12. The van der Waals surface area contributed by atoms with E-state index in [0.717, 1.165) is 17.8 Å². The van der Waals surface area contributed by atoms with Gasteiger partial charge in [0.15, 0.2) is 6.20 Å². The lowest BCUT2D eigenvalue weighted by molar-refractivity contribution is -0.645. The summed E-state index contributed by atoms with van der Waals surface area (Å²) in [6.07, 6.45) is 1.35. The van der Waals surface area contributed by atoms with Gasteiger partial charge in [0.2, 0.25) is 5.91 Å². The Kier molecular flexibility index (Phi) is 5.03. The number of pyridine rings is 1. The number of nitrogens with zero attached hydrogens (tertiary/aromatic N) is 1. The van der Waals surface area contributed by atoms with Gasteiger partial charge >= 0.3 is 0 Å². The minimum absolute atomic E-state index is 0.0555. The number of carbonyl (C=O) groups excluding carboxylic acids is 1. The summed E-state index contributed by atoms with van der Waals surface area (Å²) in [6, 6.07) is 8.93. The van der Waals surface area contributed by atoms with Crippen molar-refractivity contribution in [3.8, 4) is 0 Å². The molecule has 1 N–H and O–H groups in total. The van der Waals surface area contributed by atoms with Gasteiger partial charge in [-0.05, 0) is 43.0 Å². The zero-order valence-corrected chi connectivity index (χ0v) is 12.6. The molecule has 1 amide bonds. The molecular weight excluding hydrogens is 315 g/mol. The molecule has 0 radical (unpaired) electrons. The van der Waals surface area contributed by atoms with Crippen LogP contribution in [0.5, 0.6) is 0 Å². The third kappa shape index (κ3) is 4.09. The fourth-order valence-electron chi connectivity index (χ4n) is 1.56. The van der Waals surface area contributed by atoms with E-state index in [-0.39, 0.29) is 10.7 Å². The second kappa shape index (κ2) is 6.78. The number of halogens is 2. The fourth-order valence-corrected chi connectivity index (χ4v) is 2.57. The van der Waals surface area contributed by atoms with Crippen LogP contribution in [-0.4, -0.2) is 11.2 Å². The molecule has 1 heterocycles. The molecule has 0 aliphatic carbocycles. The summed E-state index contributed by atoms with van der Waals surface area (Å²) >= 11 is 6.74. The first kappa shape index (κ1) is 15.6. The molecule has 0 aliphatic rings. The highest BCUT2D eigenvalue weighted by Crippen LogP contribution is 2.23. The summed E-state index contributed by atoms with van der Waals surface area (Å²) in [4.78, 5) is 12.0. The number of thioether (sulfide) groups is 1. The molecule has 21 heavy (non-hydrogen) atoms. The van der Waals surface area contributed by atoms with Crippen LogP contribution in [0.15, 0.2) is 47.6 Å². The summed E-state index contributed by atoms with van der Waals surface area (Å²) in [6.45, 7) is 1.64. The molecule has 0 aliphatic heterocycles. The number of amides is 1. The van der Waals surface area contributed by atoms with Crippen molar-refractivity contribution in [3.63, 3.8) is 0 Å². The van der Waals surface area contributed by atoms with E-state index >= 15 is 0 Å². The molecule has 0 saturated carbocycles. The highest BCUT2D eigenvalue weighted by atomic mass is 35.5. The largest absolute Gasteiger partial charge is 0.618 e. The summed E-state index contributed by atoms with van der Waals surface area (Å²) in [5.74, 6) is -1.00. The van der Waals surface area contributed by atoms with Crippen molar-refractivity contribution in [1.29, 1.82) is 0 Å². The van der Waals surface area contributed by atoms with Gasteiger partial charge in [0.1, 0.15) is 5.82 Å². The van der Waals surface area contributed by atoms with E-state index in [4.69, 9.17) is 11.6 Å². The molecule has 110 valence electrons. The first-order valence-corrected chi connectivity index (χ1v) is 7.34. The highest BCUT2D eigenvalue weighted by molar-refractivity contribution is 8.00. The van der Waals surface area contributed by atoms with Crippen LogP contribution in [-0.2, 0) is 4.79 Å². The Hall–Kier alpha value is -1.79. The number of carbonyl (C=O) groups is 1. The van der Waals surface area contributed by atoms with Gasteiger partial charge in [-0.2, -0.15) is 4.73 Å². The monoisotopic (exact) mass is 326 g/mol. The van der Waals surface area contributed by atoms with Crippen LogP contribution < -0.4 is 10.0 Å². The quantitative estimate of drug-likeness (QED) is 0.533. The molecule has 4 nitrogen and oxygen atoms in total. The number of hydrogen-bond acceptors (Lipinski definition) is 3. The number of aromatic nitrogens is 1. The third-order valence-electron chi connectivity index (χ3n) is 2.64. The van der Waals surface area contributed by atoms with Crippen LogP contribution in [0.25, 0.3) is 0 Å². The van der Waals surface area contributed by atoms with Gasteiger partial charge in [-0.25, -0.2) is 4.39 Å². The first-order chi connectivity index (χ1) is 9.97. The predicted octanol–water partition coefficient (Wildman–Crippen LogP) is 3.23. The van der Waals surface area contributed by atoms with E-state index in [2.05, 4.69) is 5.32 Å². The maximum absolute atomic E-state index is 13.6. The smallest absolute Gasteiger partial charge is 0.252 e. The van der Waals surface area contributed by atoms with Gasteiger partial charge < -0.3 is 10.5 Å². The van der Waals surface area contributed by atoms with Crippen molar-refractivity contribution in [2.24, 2.45) is 0 Å². The third-order valence-corrected chi connectivity index (χ3v) is 4.00. The standard InChI is InChI=1S/C14H12ClFN2O2S/c1-9(21-13-4-2-3-7-18(13)20)14(19)17-12-6-5-10(15)8-11(12)16/h2-9H,1H3,(H,17,19)/t9-/m0/s1. The van der Waals surface area contributed by atoms with Crippen LogP contribution in [0.3, 0.4) is 0 Å². The lowest BCUT2D eigenvalue weighted by Crippen LogP contribution is -2.30. The van der Waals surface area contributed by atoms with Crippen molar-refractivity contribution in [2.75, 3.05) is 5.32 Å². The van der Waals surface area contributed by atoms with E-state index in [1.165, 1.54) is 18.3 Å². The molecule has 7 heteroatoms. The number of benzene rings is 1. The van der Waals surface area contributed by atoms with Gasteiger partial charge in [0.05, 0.1) is 10.9 Å². The molecule has 1 aromatic heterocycles. The molecular formula is C14H12ClFN2O2S. The summed E-state index contributed by atoms with van der Waals surface area (Å²) < 4.78 is 14.3. The molecule has 0 spiro atoms. The van der Waals surface area contributed by atoms with Crippen LogP contribution in [0.4, 0.5) is 10.1 Å². The Balaban J connectivity index is 2.04. The molecule has 1 aromatic carbocycles. The van der Waals surface area contributed by atoms with Gasteiger partial charge in [0.25, 0.3) is 5.03 Å². The number of nitrogens with one attached hydrogen (secondary N) is 1. The van der Waals surface area contributed by atoms with Crippen LogP contribution in [0, 0.1) is 11.0 Å². The maximum Gasteiger partial charge on any atom is 0.252 e. The minimum Gasteiger partial charge on any atom is -0.618 e. The Morgan fingerprint density at radius 3 is 2.86 bits per heavy atom. The van der Waals surface area contributed by atoms with Crippen LogP contribution in [0.2, 0.25) is 5.02 Å². The second-order valence-electron chi connectivity index (χ2n) is 4.24. The van der Waals surface area contributed by atoms with Crippen molar-refractivity contribution >= 4 is 35.0 Å². The maximum atomic E-state index is 13.6. The molecule has 0 unspecified atom stereocenters. The average Bonchev–Trinajstić information content (AvgIpc) is 2.44.